The van der Waals surface area contributed by atoms with Gasteiger partial charge in [0.1, 0.15) is 12.4 Å². The van der Waals surface area contributed by atoms with Crippen molar-refractivity contribution in [2.45, 2.75) is 18.9 Å². The van der Waals surface area contributed by atoms with Crippen molar-refractivity contribution in [2.75, 3.05) is 24.7 Å². The molecule has 1 aromatic rings. The van der Waals surface area contributed by atoms with Crippen LogP contribution in [0.1, 0.15) is 12.8 Å². The molecule has 1 saturated heterocycles. The Balaban J connectivity index is 1.58. The average Bonchev–Trinajstić information content (AvgIpc) is 2.37. The molecule has 0 atom stereocenters. The number of ether oxygens (including phenoxy) is 1. The van der Waals surface area contributed by atoms with Gasteiger partial charge >= 0.3 is 0 Å². The molecule has 0 saturated carbocycles. The number of hydrogen-bond donors (Lipinski definition) is 1. The molecule has 1 aliphatic heterocycles. The summed E-state index contributed by atoms with van der Waals surface area (Å²) in [5.74, 6) is 3.57. The van der Waals surface area contributed by atoms with Crippen molar-refractivity contribution in [1.29, 1.82) is 0 Å². The van der Waals surface area contributed by atoms with Gasteiger partial charge in [0.05, 0.1) is 0 Å². The van der Waals surface area contributed by atoms with Gasteiger partial charge in [-0.05, 0) is 36.5 Å². The van der Waals surface area contributed by atoms with E-state index in [0.717, 1.165) is 18.9 Å². The molecule has 0 spiro atoms. The van der Waals surface area contributed by atoms with E-state index in [4.69, 9.17) is 4.74 Å². The highest BCUT2D eigenvalue weighted by molar-refractivity contribution is 7.99. The Morgan fingerprint density at radius 3 is 2.69 bits per heavy atom. The van der Waals surface area contributed by atoms with Gasteiger partial charge in [-0.1, -0.05) is 18.2 Å². The largest absolute Gasteiger partial charge is 0.492 e. The summed E-state index contributed by atoms with van der Waals surface area (Å²) in [5.41, 5.74) is 0. The van der Waals surface area contributed by atoms with Crippen LogP contribution in [0.2, 0.25) is 0 Å². The lowest BCUT2D eigenvalue weighted by Gasteiger charge is -2.22. The molecule has 0 amide bonds. The molecule has 2 rings (SSSR count). The van der Waals surface area contributed by atoms with Gasteiger partial charge in [0.2, 0.25) is 0 Å². The van der Waals surface area contributed by atoms with E-state index in [-0.39, 0.29) is 0 Å². The highest BCUT2D eigenvalue weighted by Crippen LogP contribution is 2.16. The summed E-state index contributed by atoms with van der Waals surface area (Å²) in [5, 5.41) is 3.55. The van der Waals surface area contributed by atoms with E-state index < -0.39 is 0 Å². The maximum absolute atomic E-state index is 5.63. The smallest absolute Gasteiger partial charge is 0.119 e. The first-order chi connectivity index (χ1) is 7.95. The van der Waals surface area contributed by atoms with Crippen LogP contribution < -0.4 is 10.1 Å². The first-order valence-electron chi connectivity index (χ1n) is 5.94. The van der Waals surface area contributed by atoms with Crippen LogP contribution in [0.4, 0.5) is 0 Å². The van der Waals surface area contributed by atoms with E-state index in [1.54, 1.807) is 0 Å². The summed E-state index contributed by atoms with van der Waals surface area (Å²) in [6, 6.07) is 10.7. The summed E-state index contributed by atoms with van der Waals surface area (Å²) in [4.78, 5) is 0. The first-order valence-corrected chi connectivity index (χ1v) is 7.09. The van der Waals surface area contributed by atoms with Gasteiger partial charge in [-0.3, -0.25) is 0 Å². The number of rotatable bonds is 5. The van der Waals surface area contributed by atoms with Gasteiger partial charge in [-0.25, -0.2) is 0 Å². The quantitative estimate of drug-likeness (QED) is 0.795. The Kier molecular flexibility index (Phi) is 5.03. The van der Waals surface area contributed by atoms with Gasteiger partial charge in [0, 0.05) is 12.6 Å². The third-order valence-electron chi connectivity index (χ3n) is 2.77. The minimum Gasteiger partial charge on any atom is -0.492 e. The number of hydrogen-bond acceptors (Lipinski definition) is 3. The van der Waals surface area contributed by atoms with Crippen LogP contribution in [0.25, 0.3) is 0 Å². The van der Waals surface area contributed by atoms with Crippen molar-refractivity contribution >= 4 is 11.8 Å². The number of para-hydroxylation sites is 1. The van der Waals surface area contributed by atoms with Crippen molar-refractivity contribution in [1.82, 2.24) is 5.32 Å². The van der Waals surface area contributed by atoms with Crippen molar-refractivity contribution in [3.05, 3.63) is 30.3 Å². The van der Waals surface area contributed by atoms with E-state index in [1.807, 2.05) is 30.3 Å². The SMILES string of the molecule is c1ccc(OCCNC2CCSCC2)cc1. The molecule has 1 aromatic carbocycles. The number of nitrogens with one attached hydrogen (secondary N) is 1. The second kappa shape index (κ2) is 6.81. The van der Waals surface area contributed by atoms with E-state index in [2.05, 4.69) is 17.1 Å². The zero-order valence-corrected chi connectivity index (χ0v) is 10.3. The second-order valence-corrected chi connectivity index (χ2v) is 5.23. The molecular formula is C13H19NOS. The second-order valence-electron chi connectivity index (χ2n) is 4.00. The lowest BCUT2D eigenvalue weighted by Crippen LogP contribution is -2.35. The Morgan fingerprint density at radius 2 is 1.94 bits per heavy atom. The predicted octanol–water partition coefficient (Wildman–Crippen LogP) is 2.55. The first kappa shape index (κ1) is 11.8. The summed E-state index contributed by atoms with van der Waals surface area (Å²) in [6.07, 6.45) is 2.60. The van der Waals surface area contributed by atoms with Crippen LogP contribution >= 0.6 is 11.8 Å². The fraction of sp³-hybridized carbons (Fsp3) is 0.538. The fourth-order valence-electron chi connectivity index (χ4n) is 1.85. The Bertz CT molecular complexity index is 285. The van der Waals surface area contributed by atoms with E-state index in [1.165, 1.54) is 24.3 Å². The van der Waals surface area contributed by atoms with E-state index in [9.17, 15) is 0 Å². The van der Waals surface area contributed by atoms with Crippen LogP contribution in [0.5, 0.6) is 5.75 Å². The van der Waals surface area contributed by atoms with Crippen LogP contribution in [0.15, 0.2) is 30.3 Å². The maximum Gasteiger partial charge on any atom is 0.119 e. The molecule has 3 heteroatoms. The number of benzene rings is 1. The Hall–Kier alpha value is -0.670. The van der Waals surface area contributed by atoms with Crippen molar-refractivity contribution in [3.8, 4) is 5.75 Å². The minimum absolute atomic E-state index is 0.709. The summed E-state index contributed by atoms with van der Waals surface area (Å²) >= 11 is 2.06. The van der Waals surface area contributed by atoms with Crippen molar-refractivity contribution < 1.29 is 4.74 Å². The fourth-order valence-corrected chi connectivity index (χ4v) is 2.96. The molecule has 1 aliphatic rings. The van der Waals surface area contributed by atoms with Crippen LogP contribution in [0.3, 0.4) is 0 Å². The highest BCUT2D eigenvalue weighted by Gasteiger charge is 2.11. The number of thioether (sulfide) groups is 1. The Labute approximate surface area is 102 Å². The molecule has 0 unspecified atom stereocenters. The lowest BCUT2D eigenvalue weighted by atomic mass is 10.1. The zero-order valence-electron chi connectivity index (χ0n) is 9.52. The summed E-state index contributed by atoms with van der Waals surface area (Å²) in [6.45, 7) is 1.71. The maximum atomic E-state index is 5.63. The minimum atomic E-state index is 0.709. The third kappa shape index (κ3) is 4.06. The standard InChI is InChI=1S/C13H19NOS/c1-2-4-13(5-3-1)15-9-8-14-12-6-10-16-11-7-12/h1-5,12,14H,6-11H2. The summed E-state index contributed by atoms with van der Waals surface area (Å²) < 4.78 is 5.63. The van der Waals surface area contributed by atoms with Crippen molar-refractivity contribution in [3.63, 3.8) is 0 Å². The van der Waals surface area contributed by atoms with E-state index in [0.29, 0.717) is 6.04 Å². The Morgan fingerprint density at radius 1 is 1.19 bits per heavy atom. The highest BCUT2D eigenvalue weighted by atomic mass is 32.2. The topological polar surface area (TPSA) is 21.3 Å². The molecular weight excluding hydrogens is 218 g/mol. The zero-order chi connectivity index (χ0) is 11.1. The van der Waals surface area contributed by atoms with Gasteiger partial charge in [0.15, 0.2) is 0 Å². The van der Waals surface area contributed by atoms with Crippen LogP contribution in [-0.4, -0.2) is 30.7 Å². The third-order valence-corrected chi connectivity index (χ3v) is 3.82. The molecule has 0 bridgehead atoms. The summed E-state index contributed by atoms with van der Waals surface area (Å²) in [7, 11) is 0. The van der Waals surface area contributed by atoms with Crippen LogP contribution in [0, 0.1) is 0 Å². The molecule has 0 aliphatic carbocycles. The molecule has 88 valence electrons. The lowest BCUT2D eigenvalue weighted by molar-refractivity contribution is 0.302. The monoisotopic (exact) mass is 237 g/mol. The van der Waals surface area contributed by atoms with Crippen molar-refractivity contribution in [2.24, 2.45) is 0 Å². The predicted molar refractivity (Wildman–Crippen MR) is 70.3 cm³/mol. The molecule has 2 nitrogen and oxygen atoms in total. The average molecular weight is 237 g/mol. The van der Waals surface area contributed by atoms with Gasteiger partial charge in [-0.2, -0.15) is 11.8 Å². The van der Waals surface area contributed by atoms with Gasteiger partial charge in [-0.15, -0.1) is 0 Å². The molecule has 1 fully saturated rings. The molecule has 1 N–H and O–H groups in total. The normalized spacial score (nSPS) is 17.2. The molecule has 0 radical (unpaired) electrons. The van der Waals surface area contributed by atoms with E-state index >= 15 is 0 Å². The van der Waals surface area contributed by atoms with Gasteiger partial charge < -0.3 is 10.1 Å². The van der Waals surface area contributed by atoms with Crippen LogP contribution in [-0.2, 0) is 0 Å². The molecule has 16 heavy (non-hydrogen) atoms. The van der Waals surface area contributed by atoms with Gasteiger partial charge in [0.25, 0.3) is 0 Å². The molecule has 1 heterocycles. The molecule has 0 aromatic heterocycles.